The number of rotatable bonds is 9. The van der Waals surface area contributed by atoms with E-state index < -0.39 is 6.04 Å². The van der Waals surface area contributed by atoms with Crippen molar-refractivity contribution in [2.45, 2.75) is 51.2 Å². The van der Waals surface area contributed by atoms with Gasteiger partial charge in [-0.3, -0.25) is 0 Å². The van der Waals surface area contributed by atoms with Crippen LogP contribution in [0.15, 0.2) is 39.1 Å². The highest BCUT2D eigenvalue weighted by molar-refractivity contribution is 9.10. The highest BCUT2D eigenvalue weighted by Crippen LogP contribution is 2.41. The molecule has 0 saturated carbocycles. The molecule has 9 heteroatoms. The number of nitrogens with one attached hydrogen (secondary N) is 1. The van der Waals surface area contributed by atoms with E-state index in [-0.39, 0.29) is 5.97 Å². The predicted molar refractivity (Wildman–Crippen MR) is 122 cm³/mol. The molecule has 0 fully saturated rings. The van der Waals surface area contributed by atoms with Crippen LogP contribution in [0.2, 0.25) is 0 Å². The minimum Gasteiger partial charge on any atom is -0.496 e. The molecule has 162 valence electrons. The summed E-state index contributed by atoms with van der Waals surface area (Å²) in [4.78, 5) is 17.7. The van der Waals surface area contributed by atoms with Crippen molar-refractivity contribution >= 4 is 39.6 Å². The third kappa shape index (κ3) is 4.83. The van der Waals surface area contributed by atoms with Gasteiger partial charge < -0.3 is 14.8 Å². The van der Waals surface area contributed by atoms with E-state index in [1.165, 1.54) is 0 Å². The van der Waals surface area contributed by atoms with Crippen LogP contribution in [0.4, 0.5) is 5.95 Å². The molecule has 0 spiro atoms. The highest BCUT2D eigenvalue weighted by atomic mass is 79.9. The molecule has 1 aromatic carbocycles. The molecule has 1 aliphatic heterocycles. The summed E-state index contributed by atoms with van der Waals surface area (Å²) in [5.74, 6) is 1.83. The zero-order valence-corrected chi connectivity index (χ0v) is 20.1. The maximum Gasteiger partial charge on any atom is 0.338 e. The van der Waals surface area contributed by atoms with Crippen LogP contribution in [0.3, 0.4) is 0 Å². The summed E-state index contributed by atoms with van der Waals surface area (Å²) in [6, 6.07) is 5.22. The molecule has 30 heavy (non-hydrogen) atoms. The van der Waals surface area contributed by atoms with Crippen LogP contribution in [0.25, 0.3) is 0 Å². The number of nitrogens with zero attached hydrogens (tertiary/aromatic N) is 3. The molecule has 0 amide bonds. The van der Waals surface area contributed by atoms with Crippen molar-refractivity contribution in [2.75, 3.05) is 24.8 Å². The number of carbonyl (C=O) groups is 1. The first-order valence-corrected chi connectivity index (χ1v) is 11.9. The van der Waals surface area contributed by atoms with Crippen molar-refractivity contribution in [1.82, 2.24) is 14.8 Å². The number of unbranched alkanes of at least 4 members (excludes halogenated alkanes) is 1. The summed E-state index contributed by atoms with van der Waals surface area (Å²) in [5.41, 5.74) is 2.02. The fourth-order valence-electron chi connectivity index (χ4n) is 3.24. The van der Waals surface area contributed by atoms with Gasteiger partial charge in [0.15, 0.2) is 0 Å². The summed E-state index contributed by atoms with van der Waals surface area (Å²) < 4.78 is 13.8. The van der Waals surface area contributed by atoms with E-state index in [0.717, 1.165) is 35.1 Å². The molecule has 2 heterocycles. The Balaban J connectivity index is 2.10. The van der Waals surface area contributed by atoms with Crippen LogP contribution in [0, 0.1) is 0 Å². The number of aromatic nitrogens is 3. The summed E-state index contributed by atoms with van der Waals surface area (Å²) in [7, 11) is 1.62. The third-order valence-corrected chi connectivity index (χ3v) is 6.24. The molecule has 7 nitrogen and oxygen atoms in total. The van der Waals surface area contributed by atoms with Crippen LogP contribution >= 0.6 is 27.7 Å². The maximum absolute atomic E-state index is 13.1. The number of methoxy groups -OCH3 is 1. The zero-order valence-electron chi connectivity index (χ0n) is 17.7. The second-order valence-electron chi connectivity index (χ2n) is 6.95. The lowest BCUT2D eigenvalue weighted by molar-refractivity contribution is -0.139. The summed E-state index contributed by atoms with van der Waals surface area (Å²) >= 11 is 5.14. The fraction of sp³-hybridized carbons (Fsp3) is 0.476. The number of carbonyl (C=O) groups excluding carboxylic acids is 1. The van der Waals surface area contributed by atoms with Crippen molar-refractivity contribution in [3.63, 3.8) is 0 Å². The molecular formula is C21H27BrN4O3S. The second-order valence-corrected chi connectivity index (χ2v) is 8.93. The second kappa shape index (κ2) is 10.3. The number of hydrogen-bond donors (Lipinski definition) is 1. The van der Waals surface area contributed by atoms with Gasteiger partial charge in [0, 0.05) is 21.5 Å². The van der Waals surface area contributed by atoms with Crippen LogP contribution in [-0.4, -0.2) is 40.2 Å². The van der Waals surface area contributed by atoms with E-state index >= 15 is 0 Å². The minimum absolute atomic E-state index is 0.357. The van der Waals surface area contributed by atoms with Gasteiger partial charge in [-0.1, -0.05) is 48.0 Å². The summed E-state index contributed by atoms with van der Waals surface area (Å²) in [6.07, 6.45) is 2.80. The van der Waals surface area contributed by atoms with Gasteiger partial charge in [0.2, 0.25) is 11.1 Å². The molecule has 1 aliphatic rings. The Morgan fingerprint density at radius 3 is 2.83 bits per heavy atom. The smallest absolute Gasteiger partial charge is 0.338 e. The molecule has 0 bridgehead atoms. The Bertz CT molecular complexity index is 944. The van der Waals surface area contributed by atoms with E-state index in [1.54, 1.807) is 23.6 Å². The normalized spacial score (nSPS) is 15.6. The van der Waals surface area contributed by atoms with Crippen molar-refractivity contribution in [2.24, 2.45) is 0 Å². The van der Waals surface area contributed by atoms with E-state index in [0.29, 0.717) is 34.7 Å². The Morgan fingerprint density at radius 1 is 1.33 bits per heavy atom. The number of fused-ring (bicyclic) bond motifs is 1. The third-order valence-electron chi connectivity index (χ3n) is 4.71. The first-order chi connectivity index (χ1) is 14.5. The van der Waals surface area contributed by atoms with Gasteiger partial charge in [0.05, 0.1) is 19.3 Å². The monoisotopic (exact) mass is 494 g/mol. The fourth-order valence-corrected chi connectivity index (χ4v) is 4.31. The lowest BCUT2D eigenvalue weighted by atomic mass is 9.95. The SMILES string of the molecule is CCCCOC(=O)C1=C(C)Nc2nc(SCCC)nn2C1c1cc(Br)ccc1OC. The van der Waals surface area contributed by atoms with E-state index in [2.05, 4.69) is 40.1 Å². The van der Waals surface area contributed by atoms with Gasteiger partial charge >= 0.3 is 5.97 Å². The van der Waals surface area contributed by atoms with Gasteiger partial charge in [0.25, 0.3) is 0 Å². The van der Waals surface area contributed by atoms with Gasteiger partial charge in [-0.25, -0.2) is 9.48 Å². The summed E-state index contributed by atoms with van der Waals surface area (Å²) in [5, 5.41) is 8.61. The Morgan fingerprint density at radius 2 is 2.13 bits per heavy atom. The number of allylic oxidation sites excluding steroid dienone is 1. The molecule has 1 unspecified atom stereocenters. The van der Waals surface area contributed by atoms with Crippen molar-refractivity contribution in [3.05, 3.63) is 39.5 Å². The Hall–Kier alpha value is -2.00. The molecule has 3 rings (SSSR count). The number of anilines is 1. The Kier molecular flexibility index (Phi) is 7.82. The standard InChI is InChI=1S/C21H27BrN4O3S/c1-5-7-10-29-19(27)17-13(3)23-20-24-21(30-11-6-2)25-26(20)18(17)15-12-14(22)8-9-16(15)28-4/h8-9,12,18H,5-7,10-11H2,1-4H3,(H,23,24,25). The van der Waals surface area contributed by atoms with Crippen molar-refractivity contribution in [3.8, 4) is 5.75 Å². The van der Waals surface area contributed by atoms with E-state index in [9.17, 15) is 4.79 Å². The molecule has 0 saturated heterocycles. The van der Waals surface area contributed by atoms with Crippen LogP contribution in [-0.2, 0) is 9.53 Å². The number of thioether (sulfide) groups is 1. The van der Waals surface area contributed by atoms with Crippen LogP contribution in [0.1, 0.15) is 51.6 Å². The van der Waals surface area contributed by atoms with E-state index in [1.807, 2.05) is 25.1 Å². The molecule has 1 N–H and O–H groups in total. The lowest BCUT2D eigenvalue weighted by Gasteiger charge is -2.29. The number of esters is 1. The average Bonchev–Trinajstić information content (AvgIpc) is 3.13. The molecule has 1 aromatic heterocycles. The minimum atomic E-state index is -0.508. The maximum atomic E-state index is 13.1. The highest BCUT2D eigenvalue weighted by Gasteiger charge is 2.37. The summed E-state index contributed by atoms with van der Waals surface area (Å²) in [6.45, 7) is 6.43. The van der Waals surface area contributed by atoms with E-state index in [4.69, 9.17) is 14.6 Å². The molecule has 1 atom stereocenters. The number of hydrogen-bond acceptors (Lipinski definition) is 7. The number of halogens is 1. The quantitative estimate of drug-likeness (QED) is 0.292. The van der Waals surface area contributed by atoms with Crippen molar-refractivity contribution in [1.29, 1.82) is 0 Å². The first-order valence-electron chi connectivity index (χ1n) is 10.1. The molecule has 0 radical (unpaired) electrons. The average molecular weight is 495 g/mol. The van der Waals surface area contributed by atoms with Crippen LogP contribution in [0.5, 0.6) is 5.75 Å². The molecular weight excluding hydrogens is 468 g/mol. The van der Waals surface area contributed by atoms with Gasteiger partial charge in [-0.2, -0.15) is 4.98 Å². The zero-order chi connectivity index (χ0) is 21.7. The topological polar surface area (TPSA) is 78.3 Å². The first kappa shape index (κ1) is 22.7. The predicted octanol–water partition coefficient (Wildman–Crippen LogP) is 5.18. The van der Waals surface area contributed by atoms with Crippen molar-refractivity contribution < 1.29 is 14.3 Å². The van der Waals surface area contributed by atoms with Gasteiger partial charge in [-0.15, -0.1) is 5.10 Å². The molecule has 0 aliphatic carbocycles. The largest absolute Gasteiger partial charge is 0.496 e. The molecule has 2 aromatic rings. The van der Waals surface area contributed by atoms with Gasteiger partial charge in [-0.05, 0) is 38.0 Å². The number of ether oxygens (including phenoxy) is 2. The Labute approximate surface area is 189 Å². The van der Waals surface area contributed by atoms with Crippen LogP contribution < -0.4 is 10.1 Å². The van der Waals surface area contributed by atoms with Gasteiger partial charge in [0.1, 0.15) is 11.8 Å². The number of benzene rings is 1. The lowest BCUT2D eigenvalue weighted by Crippen LogP contribution is -2.30.